The highest BCUT2D eigenvalue weighted by Crippen LogP contribution is 2.35. The zero-order chi connectivity index (χ0) is 18.3. The van der Waals surface area contributed by atoms with E-state index in [0.29, 0.717) is 24.0 Å². The van der Waals surface area contributed by atoms with E-state index in [4.69, 9.17) is 9.26 Å². The fourth-order valence-electron chi connectivity index (χ4n) is 3.02. The molecule has 0 aliphatic carbocycles. The van der Waals surface area contributed by atoms with E-state index in [2.05, 4.69) is 24.0 Å². The van der Waals surface area contributed by atoms with Crippen molar-refractivity contribution in [1.82, 2.24) is 10.1 Å². The van der Waals surface area contributed by atoms with Gasteiger partial charge in [0.15, 0.2) is 6.61 Å². The number of carbonyl (C=O) groups is 1. The summed E-state index contributed by atoms with van der Waals surface area (Å²) in [6, 6.07) is 11.6. The van der Waals surface area contributed by atoms with Crippen molar-refractivity contribution in [2.45, 2.75) is 20.8 Å². The van der Waals surface area contributed by atoms with Crippen molar-refractivity contribution in [3.63, 3.8) is 0 Å². The summed E-state index contributed by atoms with van der Waals surface area (Å²) in [5.41, 5.74) is 4.79. The van der Waals surface area contributed by atoms with Crippen molar-refractivity contribution < 1.29 is 14.1 Å². The van der Waals surface area contributed by atoms with E-state index in [1.165, 1.54) is 11.1 Å². The molecular weight excluding hydrogens is 330 g/mol. The minimum absolute atomic E-state index is 0.0546. The summed E-state index contributed by atoms with van der Waals surface area (Å²) in [5, 5.41) is 4.10. The minimum Gasteiger partial charge on any atom is -0.482 e. The molecule has 0 N–H and O–H groups in total. The monoisotopic (exact) mass is 349 g/mol. The van der Waals surface area contributed by atoms with Crippen LogP contribution in [0, 0.1) is 13.8 Å². The summed E-state index contributed by atoms with van der Waals surface area (Å²) >= 11 is 0. The third kappa shape index (κ3) is 2.73. The van der Waals surface area contributed by atoms with E-state index in [9.17, 15) is 4.79 Å². The molecule has 0 radical (unpaired) electrons. The molecule has 132 valence electrons. The molecule has 0 fully saturated rings. The molecule has 4 rings (SSSR count). The van der Waals surface area contributed by atoms with Crippen LogP contribution in [0.25, 0.3) is 22.8 Å². The predicted octanol–water partition coefficient (Wildman–Crippen LogP) is 3.77. The molecule has 1 aromatic heterocycles. The highest BCUT2D eigenvalue weighted by molar-refractivity contribution is 5.98. The number of benzene rings is 2. The Morgan fingerprint density at radius 2 is 1.88 bits per heavy atom. The van der Waals surface area contributed by atoms with Crippen molar-refractivity contribution >= 4 is 11.6 Å². The van der Waals surface area contributed by atoms with Crippen molar-refractivity contribution in [2.75, 3.05) is 18.1 Å². The molecule has 0 saturated heterocycles. The van der Waals surface area contributed by atoms with E-state index in [1.54, 1.807) is 4.90 Å². The van der Waals surface area contributed by atoms with Crippen LogP contribution < -0.4 is 9.64 Å². The fraction of sp³-hybridized carbons (Fsp3) is 0.250. The second-order valence-corrected chi connectivity index (χ2v) is 6.33. The third-order valence-corrected chi connectivity index (χ3v) is 4.66. The number of nitrogens with zero attached hydrogens (tertiary/aromatic N) is 3. The summed E-state index contributed by atoms with van der Waals surface area (Å²) < 4.78 is 10.9. The van der Waals surface area contributed by atoms with Gasteiger partial charge in [0.2, 0.25) is 5.82 Å². The lowest BCUT2D eigenvalue weighted by Crippen LogP contribution is -2.38. The Bertz CT molecular complexity index is 994. The van der Waals surface area contributed by atoms with Gasteiger partial charge >= 0.3 is 0 Å². The Morgan fingerprint density at radius 3 is 2.65 bits per heavy atom. The molecule has 3 aromatic rings. The van der Waals surface area contributed by atoms with E-state index < -0.39 is 0 Å². The lowest BCUT2D eigenvalue weighted by Gasteiger charge is -2.28. The number of rotatable bonds is 3. The van der Waals surface area contributed by atoms with E-state index in [0.717, 1.165) is 16.8 Å². The third-order valence-electron chi connectivity index (χ3n) is 4.66. The van der Waals surface area contributed by atoms with Crippen LogP contribution in [0.3, 0.4) is 0 Å². The topological polar surface area (TPSA) is 68.5 Å². The van der Waals surface area contributed by atoms with Gasteiger partial charge in [-0.2, -0.15) is 4.98 Å². The maximum absolute atomic E-state index is 12.0. The Hall–Kier alpha value is -3.15. The molecule has 1 aliphatic heterocycles. The van der Waals surface area contributed by atoms with Gasteiger partial charge in [0, 0.05) is 17.7 Å². The van der Waals surface area contributed by atoms with Crippen LogP contribution in [0.4, 0.5) is 5.69 Å². The zero-order valence-electron chi connectivity index (χ0n) is 14.9. The largest absolute Gasteiger partial charge is 0.482 e. The molecule has 26 heavy (non-hydrogen) atoms. The van der Waals surface area contributed by atoms with Crippen molar-refractivity contribution in [2.24, 2.45) is 0 Å². The first kappa shape index (κ1) is 16.3. The summed E-state index contributed by atoms with van der Waals surface area (Å²) in [6.07, 6.45) is 0. The van der Waals surface area contributed by atoms with Gasteiger partial charge in [0.1, 0.15) is 5.75 Å². The summed E-state index contributed by atoms with van der Waals surface area (Å²) in [7, 11) is 0. The predicted molar refractivity (Wildman–Crippen MR) is 98.2 cm³/mol. The second kappa shape index (κ2) is 6.29. The van der Waals surface area contributed by atoms with Gasteiger partial charge in [-0.05, 0) is 62.2 Å². The normalized spacial score (nSPS) is 13.5. The standard InChI is InChI=1S/C20H19N3O3/c1-4-23-16-10-14(7-8-17(16)25-11-18(23)24)19-21-20(26-22-19)15-6-5-12(2)13(3)9-15/h5-10H,4,11H2,1-3H3. The Kier molecular flexibility index (Phi) is 3.95. The zero-order valence-corrected chi connectivity index (χ0v) is 14.9. The number of likely N-dealkylation sites (N-methyl/N-ethyl adjacent to an activating group) is 1. The molecule has 0 unspecified atom stereocenters. The van der Waals surface area contributed by atoms with Gasteiger partial charge in [-0.15, -0.1) is 0 Å². The highest BCUT2D eigenvalue weighted by Gasteiger charge is 2.25. The highest BCUT2D eigenvalue weighted by atomic mass is 16.5. The van der Waals surface area contributed by atoms with Crippen molar-refractivity contribution in [3.8, 4) is 28.6 Å². The van der Waals surface area contributed by atoms with Gasteiger partial charge in [-0.25, -0.2) is 0 Å². The Balaban J connectivity index is 1.71. The first-order valence-electron chi connectivity index (χ1n) is 8.55. The lowest BCUT2D eigenvalue weighted by molar-refractivity contribution is -0.121. The van der Waals surface area contributed by atoms with Gasteiger partial charge in [-0.1, -0.05) is 11.2 Å². The average molecular weight is 349 g/mol. The van der Waals surface area contributed by atoms with E-state index in [1.807, 2.05) is 43.3 Å². The van der Waals surface area contributed by atoms with Crippen LogP contribution in [0.15, 0.2) is 40.9 Å². The fourth-order valence-corrected chi connectivity index (χ4v) is 3.02. The van der Waals surface area contributed by atoms with E-state index in [-0.39, 0.29) is 12.5 Å². The van der Waals surface area contributed by atoms with Crippen LogP contribution in [-0.4, -0.2) is 29.2 Å². The second-order valence-electron chi connectivity index (χ2n) is 6.33. The SMILES string of the molecule is CCN1C(=O)COc2ccc(-c3noc(-c4ccc(C)c(C)c4)n3)cc21. The van der Waals surface area contributed by atoms with Crippen LogP contribution in [0.1, 0.15) is 18.1 Å². The van der Waals surface area contributed by atoms with Gasteiger partial charge in [0.05, 0.1) is 5.69 Å². The molecule has 6 nitrogen and oxygen atoms in total. The average Bonchev–Trinajstić information content (AvgIpc) is 3.13. The molecule has 0 atom stereocenters. The summed E-state index contributed by atoms with van der Waals surface area (Å²) in [5.74, 6) is 1.59. The smallest absolute Gasteiger partial charge is 0.265 e. The summed E-state index contributed by atoms with van der Waals surface area (Å²) in [6.45, 7) is 6.70. The molecule has 0 spiro atoms. The number of anilines is 1. The van der Waals surface area contributed by atoms with E-state index >= 15 is 0 Å². The van der Waals surface area contributed by atoms with Gasteiger partial charge in [0.25, 0.3) is 11.8 Å². The minimum atomic E-state index is -0.0546. The number of aromatic nitrogens is 2. The number of hydrogen-bond acceptors (Lipinski definition) is 5. The molecule has 0 saturated carbocycles. The number of aryl methyl sites for hydroxylation is 2. The maximum Gasteiger partial charge on any atom is 0.265 e. The first-order chi connectivity index (χ1) is 12.6. The molecule has 1 aliphatic rings. The Labute approximate surface area is 151 Å². The Morgan fingerprint density at radius 1 is 1.08 bits per heavy atom. The number of amides is 1. The molecular formula is C20H19N3O3. The molecule has 2 heterocycles. The first-order valence-corrected chi connectivity index (χ1v) is 8.55. The quantitative estimate of drug-likeness (QED) is 0.720. The lowest BCUT2D eigenvalue weighted by atomic mass is 10.1. The number of ether oxygens (including phenoxy) is 1. The number of fused-ring (bicyclic) bond motifs is 1. The van der Waals surface area contributed by atoms with Crippen LogP contribution >= 0.6 is 0 Å². The molecule has 6 heteroatoms. The number of carbonyl (C=O) groups excluding carboxylic acids is 1. The van der Waals surface area contributed by atoms with Crippen LogP contribution in [-0.2, 0) is 4.79 Å². The van der Waals surface area contributed by atoms with Gasteiger partial charge in [-0.3, -0.25) is 4.79 Å². The number of hydrogen-bond donors (Lipinski definition) is 0. The van der Waals surface area contributed by atoms with Crippen LogP contribution in [0.2, 0.25) is 0 Å². The van der Waals surface area contributed by atoms with Crippen molar-refractivity contribution in [3.05, 3.63) is 47.5 Å². The maximum atomic E-state index is 12.0. The molecule has 0 bridgehead atoms. The van der Waals surface area contributed by atoms with Crippen LogP contribution in [0.5, 0.6) is 5.75 Å². The molecule has 2 aromatic carbocycles. The van der Waals surface area contributed by atoms with Crippen molar-refractivity contribution in [1.29, 1.82) is 0 Å². The summed E-state index contributed by atoms with van der Waals surface area (Å²) in [4.78, 5) is 18.3. The molecule has 1 amide bonds. The van der Waals surface area contributed by atoms with Gasteiger partial charge < -0.3 is 14.2 Å².